The molecule has 0 spiro atoms. The first-order valence-electron chi connectivity index (χ1n) is 4.26. The van der Waals surface area contributed by atoms with Gasteiger partial charge in [0.2, 0.25) is 0 Å². The van der Waals surface area contributed by atoms with Crippen LogP contribution in [0.2, 0.25) is 0 Å². The molecule has 0 saturated heterocycles. The van der Waals surface area contributed by atoms with Crippen molar-refractivity contribution in [2.45, 2.75) is 33.3 Å². The van der Waals surface area contributed by atoms with Crippen LogP contribution in [0.25, 0.3) is 0 Å². The third-order valence-electron chi connectivity index (χ3n) is 1.28. The van der Waals surface area contributed by atoms with Crippen molar-refractivity contribution in [2.75, 3.05) is 12.0 Å². The quantitative estimate of drug-likeness (QED) is 0.520. The van der Waals surface area contributed by atoms with Crippen molar-refractivity contribution in [2.24, 2.45) is 0 Å². The van der Waals surface area contributed by atoms with Gasteiger partial charge in [0.15, 0.2) is 0 Å². The lowest BCUT2D eigenvalue weighted by Gasteiger charge is -2.19. The van der Waals surface area contributed by atoms with Gasteiger partial charge in [0.05, 0.1) is 0 Å². The van der Waals surface area contributed by atoms with Crippen LogP contribution in [0.3, 0.4) is 0 Å². The maximum atomic E-state index is 11.4. The van der Waals surface area contributed by atoms with Crippen LogP contribution in [0.15, 0.2) is 11.6 Å². The van der Waals surface area contributed by atoms with Crippen molar-refractivity contribution in [3.05, 3.63) is 11.6 Å². The Hall–Kier alpha value is -0.440. The number of ether oxygens (including phenoxy) is 1. The van der Waals surface area contributed by atoms with E-state index < -0.39 is 5.60 Å². The second-order valence-electron chi connectivity index (χ2n) is 3.84. The van der Waals surface area contributed by atoms with E-state index in [1.807, 2.05) is 33.1 Å². The molecule has 0 aromatic rings. The fourth-order valence-corrected chi connectivity index (χ4v) is 1.07. The highest BCUT2D eigenvalue weighted by molar-refractivity contribution is 7.98. The van der Waals surface area contributed by atoms with Gasteiger partial charge in [0.1, 0.15) is 5.60 Å². The van der Waals surface area contributed by atoms with Crippen LogP contribution in [-0.4, -0.2) is 23.6 Å². The molecular weight excluding hydrogens is 184 g/mol. The number of thioether (sulfide) groups is 1. The van der Waals surface area contributed by atoms with Crippen LogP contribution in [0.4, 0.5) is 0 Å². The van der Waals surface area contributed by atoms with E-state index in [1.54, 1.807) is 18.7 Å². The largest absolute Gasteiger partial charge is 0.457 e. The Balaban J connectivity index is 4.12. The minimum absolute atomic E-state index is 0.221. The van der Waals surface area contributed by atoms with Gasteiger partial charge in [-0.15, -0.1) is 0 Å². The van der Waals surface area contributed by atoms with Crippen molar-refractivity contribution in [3.8, 4) is 0 Å². The Bertz CT molecular complexity index is 201. The van der Waals surface area contributed by atoms with Gasteiger partial charge >= 0.3 is 5.97 Å². The minimum Gasteiger partial charge on any atom is -0.457 e. The lowest BCUT2D eigenvalue weighted by molar-refractivity contribution is -0.149. The molecule has 3 heteroatoms. The van der Waals surface area contributed by atoms with Gasteiger partial charge in [-0.2, -0.15) is 11.8 Å². The zero-order valence-electron chi connectivity index (χ0n) is 9.01. The molecule has 0 heterocycles. The Kier molecular flexibility index (Phi) is 5.14. The first-order valence-corrected chi connectivity index (χ1v) is 5.65. The predicted octanol–water partition coefficient (Wildman–Crippen LogP) is 2.64. The number of carbonyl (C=O) groups is 1. The molecule has 0 radical (unpaired) electrons. The number of carbonyl (C=O) groups excluding carboxylic acids is 1. The summed E-state index contributed by atoms with van der Waals surface area (Å²) in [5, 5.41) is 0. The molecule has 0 fully saturated rings. The molecule has 0 atom stereocenters. The second-order valence-corrected chi connectivity index (χ2v) is 4.76. The third kappa shape index (κ3) is 6.70. The van der Waals surface area contributed by atoms with E-state index in [9.17, 15) is 4.79 Å². The van der Waals surface area contributed by atoms with Gasteiger partial charge in [-0.1, -0.05) is 6.08 Å². The summed E-state index contributed by atoms with van der Waals surface area (Å²) in [5.41, 5.74) is 0.287. The molecule has 0 bridgehead atoms. The highest BCUT2D eigenvalue weighted by Crippen LogP contribution is 2.10. The maximum absolute atomic E-state index is 11.4. The molecule has 0 aliphatic heterocycles. The molecule has 13 heavy (non-hydrogen) atoms. The zero-order chi connectivity index (χ0) is 10.5. The molecule has 0 aliphatic rings. The molecule has 76 valence electrons. The van der Waals surface area contributed by atoms with Crippen molar-refractivity contribution >= 4 is 17.7 Å². The van der Waals surface area contributed by atoms with E-state index in [0.717, 1.165) is 5.75 Å². The van der Waals surface area contributed by atoms with E-state index in [1.165, 1.54) is 0 Å². The Morgan fingerprint density at radius 3 is 2.38 bits per heavy atom. The fourth-order valence-electron chi connectivity index (χ4n) is 0.650. The SMILES string of the molecule is CSCC=C(C)C(=O)OC(C)(C)C. The number of hydrogen-bond donors (Lipinski definition) is 0. The Morgan fingerprint density at radius 1 is 1.46 bits per heavy atom. The van der Waals surface area contributed by atoms with Gasteiger partial charge in [-0.05, 0) is 34.0 Å². The van der Waals surface area contributed by atoms with E-state index in [0.29, 0.717) is 5.57 Å². The van der Waals surface area contributed by atoms with Crippen LogP contribution < -0.4 is 0 Å². The predicted molar refractivity (Wildman–Crippen MR) is 58.0 cm³/mol. The van der Waals surface area contributed by atoms with E-state index in [4.69, 9.17) is 4.74 Å². The van der Waals surface area contributed by atoms with E-state index >= 15 is 0 Å². The summed E-state index contributed by atoms with van der Waals surface area (Å²) in [5.74, 6) is 0.631. The minimum atomic E-state index is -0.397. The van der Waals surface area contributed by atoms with Gasteiger partial charge < -0.3 is 4.74 Å². The number of esters is 1. The second kappa shape index (κ2) is 5.32. The smallest absolute Gasteiger partial charge is 0.333 e. The molecular formula is C10H18O2S. The summed E-state index contributed by atoms with van der Waals surface area (Å²) < 4.78 is 5.18. The number of rotatable bonds is 3. The van der Waals surface area contributed by atoms with Crippen molar-refractivity contribution in [1.29, 1.82) is 0 Å². The fraction of sp³-hybridized carbons (Fsp3) is 0.700. The third-order valence-corrected chi connectivity index (χ3v) is 1.78. The normalized spacial score (nSPS) is 12.8. The Labute approximate surface area is 84.7 Å². The molecule has 0 amide bonds. The summed E-state index contributed by atoms with van der Waals surface area (Å²) in [6.07, 6.45) is 3.89. The Morgan fingerprint density at radius 2 is 2.00 bits per heavy atom. The molecule has 0 aliphatic carbocycles. The topological polar surface area (TPSA) is 26.3 Å². The summed E-state index contributed by atoms with van der Waals surface area (Å²) in [4.78, 5) is 11.4. The molecule has 0 N–H and O–H groups in total. The van der Waals surface area contributed by atoms with Crippen LogP contribution in [0, 0.1) is 0 Å². The molecule has 0 unspecified atom stereocenters. The first kappa shape index (κ1) is 12.6. The van der Waals surface area contributed by atoms with Crippen molar-refractivity contribution < 1.29 is 9.53 Å². The maximum Gasteiger partial charge on any atom is 0.333 e. The molecule has 0 saturated carbocycles. The van der Waals surface area contributed by atoms with Crippen molar-refractivity contribution in [3.63, 3.8) is 0 Å². The van der Waals surface area contributed by atoms with Crippen LogP contribution in [0.5, 0.6) is 0 Å². The van der Waals surface area contributed by atoms with Gasteiger partial charge in [-0.3, -0.25) is 0 Å². The van der Waals surface area contributed by atoms with Crippen LogP contribution in [-0.2, 0) is 9.53 Å². The number of hydrogen-bond acceptors (Lipinski definition) is 3. The van der Waals surface area contributed by atoms with E-state index in [2.05, 4.69) is 0 Å². The molecule has 0 rings (SSSR count). The molecule has 0 aromatic heterocycles. The standard InChI is InChI=1S/C10H18O2S/c1-8(6-7-13-5)9(11)12-10(2,3)4/h6H,7H2,1-5H3. The van der Waals surface area contributed by atoms with Crippen molar-refractivity contribution in [1.82, 2.24) is 0 Å². The summed E-state index contributed by atoms with van der Waals surface area (Å²) in [6, 6.07) is 0. The highest BCUT2D eigenvalue weighted by atomic mass is 32.2. The van der Waals surface area contributed by atoms with Gasteiger partial charge in [0, 0.05) is 11.3 Å². The summed E-state index contributed by atoms with van der Waals surface area (Å²) in [7, 11) is 0. The van der Waals surface area contributed by atoms with Gasteiger partial charge in [-0.25, -0.2) is 4.79 Å². The lowest BCUT2D eigenvalue weighted by Crippen LogP contribution is -2.24. The summed E-state index contributed by atoms with van der Waals surface area (Å²) in [6.45, 7) is 7.39. The van der Waals surface area contributed by atoms with Crippen LogP contribution >= 0.6 is 11.8 Å². The van der Waals surface area contributed by atoms with Crippen LogP contribution in [0.1, 0.15) is 27.7 Å². The molecule has 0 aromatic carbocycles. The monoisotopic (exact) mass is 202 g/mol. The first-order chi connectivity index (χ1) is 5.87. The zero-order valence-corrected chi connectivity index (χ0v) is 9.83. The average Bonchev–Trinajstić information content (AvgIpc) is 1.96. The lowest BCUT2D eigenvalue weighted by atomic mass is 10.2. The highest BCUT2D eigenvalue weighted by Gasteiger charge is 2.16. The van der Waals surface area contributed by atoms with Gasteiger partial charge in [0.25, 0.3) is 0 Å². The molecule has 2 nitrogen and oxygen atoms in total. The van der Waals surface area contributed by atoms with E-state index in [-0.39, 0.29) is 5.97 Å². The average molecular weight is 202 g/mol. The summed E-state index contributed by atoms with van der Waals surface area (Å²) >= 11 is 1.68.